The van der Waals surface area contributed by atoms with Gasteiger partial charge in [0.25, 0.3) is 0 Å². The van der Waals surface area contributed by atoms with Gasteiger partial charge in [0.15, 0.2) is 0 Å². The standard InChI is InChI=1S/C13H13NO2/c1-8-10-11(15)14(2)12(16)13(8,10)9-6-4-3-5-7-9/h3-8,10H,1-2H3. The number of fused-ring (bicyclic) bond motifs is 1. The molecule has 3 rings (SSSR count). The highest BCUT2D eigenvalue weighted by Gasteiger charge is 2.77. The zero-order valence-corrected chi connectivity index (χ0v) is 9.31. The van der Waals surface area contributed by atoms with E-state index in [2.05, 4.69) is 0 Å². The van der Waals surface area contributed by atoms with Crippen molar-refractivity contribution in [3.63, 3.8) is 0 Å². The largest absolute Gasteiger partial charge is 0.285 e. The molecule has 1 saturated carbocycles. The molecule has 2 amide bonds. The van der Waals surface area contributed by atoms with Crippen LogP contribution in [0.2, 0.25) is 0 Å². The third kappa shape index (κ3) is 0.811. The van der Waals surface area contributed by atoms with Gasteiger partial charge in [0.05, 0.1) is 11.3 Å². The summed E-state index contributed by atoms with van der Waals surface area (Å²) < 4.78 is 0. The minimum absolute atomic E-state index is 0.0265. The number of rotatable bonds is 1. The third-order valence-electron chi connectivity index (χ3n) is 4.11. The molecule has 2 aliphatic rings. The van der Waals surface area contributed by atoms with E-state index in [4.69, 9.17) is 0 Å². The Bertz CT molecular complexity index is 482. The molecule has 1 aromatic rings. The predicted molar refractivity (Wildman–Crippen MR) is 58.6 cm³/mol. The second-order valence-corrected chi connectivity index (χ2v) is 4.70. The molecular weight excluding hydrogens is 202 g/mol. The summed E-state index contributed by atoms with van der Waals surface area (Å²) in [5, 5.41) is 0. The van der Waals surface area contributed by atoms with Gasteiger partial charge in [-0.1, -0.05) is 37.3 Å². The molecule has 82 valence electrons. The summed E-state index contributed by atoms with van der Waals surface area (Å²) in [6.07, 6.45) is 0. The Labute approximate surface area is 94.1 Å². The Morgan fingerprint density at radius 3 is 2.38 bits per heavy atom. The average Bonchev–Trinajstić information content (AvgIpc) is 2.87. The number of carbonyl (C=O) groups is 2. The molecule has 3 unspecified atom stereocenters. The zero-order chi connectivity index (χ0) is 11.5. The molecule has 3 atom stereocenters. The van der Waals surface area contributed by atoms with Gasteiger partial charge in [-0.25, -0.2) is 0 Å². The maximum atomic E-state index is 12.2. The number of imide groups is 1. The summed E-state index contributed by atoms with van der Waals surface area (Å²) in [5.74, 6) is -0.0546. The molecular formula is C13H13NO2. The molecule has 0 radical (unpaired) electrons. The highest BCUT2D eigenvalue weighted by molar-refractivity contribution is 6.15. The normalized spacial score (nSPS) is 36.5. The van der Waals surface area contributed by atoms with Crippen LogP contribution in [0.15, 0.2) is 30.3 Å². The van der Waals surface area contributed by atoms with Crippen molar-refractivity contribution in [1.29, 1.82) is 0 Å². The van der Waals surface area contributed by atoms with E-state index < -0.39 is 5.41 Å². The number of likely N-dealkylation sites (tertiary alicyclic amines) is 1. The lowest BCUT2D eigenvalue weighted by atomic mass is 9.92. The summed E-state index contributed by atoms with van der Waals surface area (Å²) in [6.45, 7) is 1.99. The van der Waals surface area contributed by atoms with Gasteiger partial charge in [-0.2, -0.15) is 0 Å². The van der Waals surface area contributed by atoms with Gasteiger partial charge < -0.3 is 0 Å². The minimum Gasteiger partial charge on any atom is -0.285 e. The van der Waals surface area contributed by atoms with Crippen LogP contribution >= 0.6 is 0 Å². The van der Waals surface area contributed by atoms with Gasteiger partial charge in [0.1, 0.15) is 0 Å². The lowest BCUT2D eigenvalue weighted by Crippen LogP contribution is -2.34. The fraction of sp³-hybridized carbons (Fsp3) is 0.385. The molecule has 1 aromatic carbocycles. The van der Waals surface area contributed by atoms with E-state index in [1.165, 1.54) is 4.90 Å². The SMILES string of the molecule is CC1C2C(=O)N(C)C(=O)C12c1ccccc1. The summed E-state index contributed by atoms with van der Waals surface area (Å²) in [4.78, 5) is 25.3. The quantitative estimate of drug-likeness (QED) is 0.660. The smallest absolute Gasteiger partial charge is 0.240 e. The van der Waals surface area contributed by atoms with Crippen molar-refractivity contribution in [2.24, 2.45) is 11.8 Å². The van der Waals surface area contributed by atoms with Crippen molar-refractivity contribution in [2.45, 2.75) is 12.3 Å². The van der Waals surface area contributed by atoms with Crippen LogP contribution < -0.4 is 0 Å². The molecule has 0 aromatic heterocycles. The van der Waals surface area contributed by atoms with E-state index in [1.807, 2.05) is 37.3 Å². The first-order chi connectivity index (χ1) is 7.61. The topological polar surface area (TPSA) is 37.4 Å². The van der Waals surface area contributed by atoms with E-state index in [0.717, 1.165) is 5.56 Å². The van der Waals surface area contributed by atoms with Gasteiger partial charge in [-0.05, 0) is 11.5 Å². The first-order valence-corrected chi connectivity index (χ1v) is 5.49. The summed E-state index contributed by atoms with van der Waals surface area (Å²) >= 11 is 0. The Kier molecular flexibility index (Phi) is 1.63. The molecule has 0 bridgehead atoms. The second-order valence-electron chi connectivity index (χ2n) is 4.70. The summed E-state index contributed by atoms with van der Waals surface area (Å²) in [5.41, 5.74) is 0.433. The molecule has 2 fully saturated rings. The lowest BCUT2D eigenvalue weighted by Gasteiger charge is -2.17. The van der Waals surface area contributed by atoms with Crippen LogP contribution in [0.25, 0.3) is 0 Å². The van der Waals surface area contributed by atoms with Gasteiger partial charge in [-0.15, -0.1) is 0 Å². The fourth-order valence-electron chi connectivity index (χ4n) is 3.16. The number of benzene rings is 1. The van der Waals surface area contributed by atoms with Crippen molar-refractivity contribution in [2.75, 3.05) is 7.05 Å². The third-order valence-corrected chi connectivity index (χ3v) is 4.11. The van der Waals surface area contributed by atoms with E-state index in [-0.39, 0.29) is 23.7 Å². The number of hydrogen-bond donors (Lipinski definition) is 0. The van der Waals surface area contributed by atoms with Crippen LogP contribution in [0.3, 0.4) is 0 Å². The number of carbonyl (C=O) groups excluding carboxylic acids is 2. The molecule has 0 spiro atoms. The minimum atomic E-state index is -0.549. The van der Waals surface area contributed by atoms with Crippen LogP contribution in [-0.2, 0) is 15.0 Å². The fourth-order valence-corrected chi connectivity index (χ4v) is 3.16. The Morgan fingerprint density at radius 1 is 1.19 bits per heavy atom. The molecule has 1 aliphatic carbocycles. The zero-order valence-electron chi connectivity index (χ0n) is 9.31. The van der Waals surface area contributed by atoms with Crippen LogP contribution in [-0.4, -0.2) is 23.8 Å². The van der Waals surface area contributed by atoms with Crippen LogP contribution in [0.1, 0.15) is 12.5 Å². The molecule has 0 N–H and O–H groups in total. The van der Waals surface area contributed by atoms with Gasteiger partial charge in [0.2, 0.25) is 11.8 Å². The predicted octanol–water partition coefficient (Wildman–Crippen LogP) is 1.19. The van der Waals surface area contributed by atoms with Crippen molar-refractivity contribution in [3.8, 4) is 0 Å². The monoisotopic (exact) mass is 215 g/mol. The highest BCUT2D eigenvalue weighted by Crippen LogP contribution is 2.64. The molecule has 3 heteroatoms. The van der Waals surface area contributed by atoms with E-state index in [9.17, 15) is 9.59 Å². The van der Waals surface area contributed by atoms with Crippen LogP contribution in [0.4, 0.5) is 0 Å². The van der Waals surface area contributed by atoms with Gasteiger partial charge in [-0.3, -0.25) is 14.5 Å². The average molecular weight is 215 g/mol. The molecule has 1 aliphatic heterocycles. The number of hydrogen-bond acceptors (Lipinski definition) is 2. The molecule has 16 heavy (non-hydrogen) atoms. The Balaban J connectivity index is 2.14. The van der Waals surface area contributed by atoms with Crippen molar-refractivity contribution in [3.05, 3.63) is 35.9 Å². The second kappa shape index (κ2) is 2.73. The lowest BCUT2D eigenvalue weighted by molar-refractivity contribution is -0.140. The van der Waals surface area contributed by atoms with Crippen LogP contribution in [0, 0.1) is 11.8 Å². The highest BCUT2D eigenvalue weighted by atomic mass is 16.2. The van der Waals surface area contributed by atoms with Gasteiger partial charge in [0, 0.05) is 7.05 Å². The number of likely N-dealkylation sites (N-methyl/N-ethyl adjacent to an activating group) is 1. The molecule has 3 nitrogen and oxygen atoms in total. The Morgan fingerprint density at radius 2 is 1.81 bits per heavy atom. The maximum Gasteiger partial charge on any atom is 0.240 e. The van der Waals surface area contributed by atoms with E-state index >= 15 is 0 Å². The number of piperidine rings is 1. The molecule has 1 heterocycles. The molecule has 1 saturated heterocycles. The summed E-state index contributed by atoms with van der Waals surface area (Å²) in [7, 11) is 1.58. The first kappa shape index (κ1) is 9.58. The van der Waals surface area contributed by atoms with E-state index in [0.29, 0.717) is 0 Å². The summed E-state index contributed by atoms with van der Waals surface area (Å²) in [6, 6.07) is 9.65. The van der Waals surface area contributed by atoms with Gasteiger partial charge >= 0.3 is 0 Å². The van der Waals surface area contributed by atoms with Crippen molar-refractivity contribution >= 4 is 11.8 Å². The van der Waals surface area contributed by atoms with Crippen LogP contribution in [0.5, 0.6) is 0 Å². The number of amides is 2. The van der Waals surface area contributed by atoms with Crippen molar-refractivity contribution < 1.29 is 9.59 Å². The maximum absolute atomic E-state index is 12.2. The van der Waals surface area contributed by atoms with E-state index in [1.54, 1.807) is 7.05 Å². The first-order valence-electron chi connectivity index (χ1n) is 5.49. The van der Waals surface area contributed by atoms with Crippen molar-refractivity contribution in [1.82, 2.24) is 4.90 Å². The number of nitrogens with zero attached hydrogens (tertiary/aromatic N) is 1. The Hall–Kier alpha value is -1.64.